The molecule has 0 atom stereocenters. The summed E-state index contributed by atoms with van der Waals surface area (Å²) >= 11 is 0. The molecule has 1 N–H and O–H groups in total. The van der Waals surface area contributed by atoms with Crippen LogP contribution >= 0.6 is 0 Å². The Morgan fingerprint density at radius 2 is 2.20 bits per heavy atom. The zero-order valence-electron chi connectivity index (χ0n) is 9.13. The van der Waals surface area contributed by atoms with E-state index in [1.807, 2.05) is 32.0 Å². The van der Waals surface area contributed by atoms with Crippen molar-refractivity contribution in [1.82, 2.24) is 5.32 Å². The fraction of sp³-hybridized carbons (Fsp3) is 0.308. The van der Waals surface area contributed by atoms with E-state index in [0.29, 0.717) is 13.0 Å². The van der Waals surface area contributed by atoms with Crippen molar-refractivity contribution in [2.24, 2.45) is 0 Å². The van der Waals surface area contributed by atoms with E-state index in [1.54, 1.807) is 0 Å². The molecule has 1 rings (SSSR count). The summed E-state index contributed by atoms with van der Waals surface area (Å²) in [5.74, 6) is 2.43. The van der Waals surface area contributed by atoms with E-state index in [9.17, 15) is 4.79 Å². The lowest BCUT2D eigenvalue weighted by Gasteiger charge is -2.06. The summed E-state index contributed by atoms with van der Waals surface area (Å²) in [6.07, 6.45) is 5.67. The summed E-state index contributed by atoms with van der Waals surface area (Å²) < 4.78 is 0. The lowest BCUT2D eigenvalue weighted by atomic mass is 10.1. The number of hydrogen-bond acceptors (Lipinski definition) is 1. The van der Waals surface area contributed by atoms with Crippen LogP contribution in [0, 0.1) is 26.2 Å². The topological polar surface area (TPSA) is 29.1 Å². The molecule has 0 aromatic heterocycles. The molecule has 0 aliphatic heterocycles. The fourth-order valence-corrected chi connectivity index (χ4v) is 1.41. The molecule has 2 nitrogen and oxygen atoms in total. The van der Waals surface area contributed by atoms with Gasteiger partial charge in [-0.15, -0.1) is 12.3 Å². The van der Waals surface area contributed by atoms with Crippen molar-refractivity contribution in [3.05, 3.63) is 34.9 Å². The summed E-state index contributed by atoms with van der Waals surface area (Å²) in [6.45, 7) is 4.47. The Morgan fingerprint density at radius 1 is 1.47 bits per heavy atom. The second-order valence-electron chi connectivity index (χ2n) is 3.53. The van der Waals surface area contributed by atoms with Crippen LogP contribution in [0.4, 0.5) is 0 Å². The van der Waals surface area contributed by atoms with E-state index in [0.717, 1.165) is 16.7 Å². The third-order valence-electron chi connectivity index (χ3n) is 2.18. The molecule has 15 heavy (non-hydrogen) atoms. The third kappa shape index (κ3) is 3.14. The van der Waals surface area contributed by atoms with Gasteiger partial charge in [0.2, 0.25) is 0 Å². The normalized spacial score (nSPS) is 9.40. The molecule has 0 radical (unpaired) electrons. The predicted octanol–water partition coefficient (Wildman–Crippen LogP) is 2.06. The van der Waals surface area contributed by atoms with Crippen LogP contribution in [0.25, 0.3) is 0 Å². The number of amides is 1. The number of carbonyl (C=O) groups excluding carboxylic acids is 1. The number of hydrogen-bond donors (Lipinski definition) is 1. The Morgan fingerprint density at radius 3 is 2.80 bits per heavy atom. The Hall–Kier alpha value is -1.75. The van der Waals surface area contributed by atoms with Crippen LogP contribution in [0.1, 0.15) is 27.9 Å². The number of nitrogens with one attached hydrogen (secondary N) is 1. The minimum atomic E-state index is -0.0530. The maximum Gasteiger partial charge on any atom is 0.251 e. The fourth-order valence-electron chi connectivity index (χ4n) is 1.41. The van der Waals surface area contributed by atoms with Crippen LogP contribution < -0.4 is 5.32 Å². The van der Waals surface area contributed by atoms with Gasteiger partial charge in [-0.3, -0.25) is 4.79 Å². The Labute approximate surface area is 90.7 Å². The average molecular weight is 201 g/mol. The van der Waals surface area contributed by atoms with Crippen LogP contribution in [0.15, 0.2) is 18.2 Å². The molecule has 0 bridgehead atoms. The van der Waals surface area contributed by atoms with Crippen LogP contribution in [-0.2, 0) is 0 Å². The SMILES string of the molecule is C#CCCNC(=O)c1ccc(C)cc1C. The largest absolute Gasteiger partial charge is 0.351 e. The molecule has 0 saturated heterocycles. The molecule has 0 fully saturated rings. The molecule has 0 spiro atoms. The summed E-state index contributed by atoms with van der Waals surface area (Å²) in [6, 6.07) is 5.77. The van der Waals surface area contributed by atoms with Gasteiger partial charge in [0, 0.05) is 18.5 Å². The van der Waals surface area contributed by atoms with Crippen LogP contribution in [0.2, 0.25) is 0 Å². The molecule has 0 heterocycles. The highest BCUT2D eigenvalue weighted by Gasteiger charge is 2.07. The molecule has 0 saturated carbocycles. The quantitative estimate of drug-likeness (QED) is 0.588. The van der Waals surface area contributed by atoms with E-state index in [2.05, 4.69) is 11.2 Å². The molecule has 0 aliphatic rings. The van der Waals surface area contributed by atoms with Crippen molar-refractivity contribution in [2.75, 3.05) is 6.54 Å². The zero-order valence-corrected chi connectivity index (χ0v) is 9.13. The summed E-state index contributed by atoms with van der Waals surface area (Å²) in [7, 11) is 0. The van der Waals surface area contributed by atoms with E-state index >= 15 is 0 Å². The predicted molar refractivity (Wildman–Crippen MR) is 61.7 cm³/mol. The van der Waals surface area contributed by atoms with Gasteiger partial charge < -0.3 is 5.32 Å². The second kappa shape index (κ2) is 5.21. The standard InChI is InChI=1S/C13H15NO/c1-4-5-8-14-13(15)12-7-6-10(2)9-11(12)3/h1,6-7,9H,5,8H2,2-3H3,(H,14,15). The molecule has 1 aromatic rings. The summed E-state index contributed by atoms with van der Waals surface area (Å²) in [5.41, 5.74) is 2.87. The zero-order chi connectivity index (χ0) is 11.3. The molecule has 0 aliphatic carbocycles. The van der Waals surface area contributed by atoms with Gasteiger partial charge in [0.1, 0.15) is 0 Å². The van der Waals surface area contributed by atoms with Crippen LogP contribution in [-0.4, -0.2) is 12.5 Å². The average Bonchev–Trinajstić information content (AvgIpc) is 2.17. The van der Waals surface area contributed by atoms with Gasteiger partial charge in [-0.1, -0.05) is 17.7 Å². The molecular weight excluding hydrogens is 186 g/mol. The Bertz CT molecular complexity index is 401. The van der Waals surface area contributed by atoms with Gasteiger partial charge in [-0.05, 0) is 25.5 Å². The first-order valence-electron chi connectivity index (χ1n) is 4.94. The molecule has 0 unspecified atom stereocenters. The van der Waals surface area contributed by atoms with Gasteiger partial charge in [0.15, 0.2) is 0 Å². The molecule has 2 heteroatoms. The number of rotatable bonds is 3. The van der Waals surface area contributed by atoms with Gasteiger partial charge in [-0.25, -0.2) is 0 Å². The van der Waals surface area contributed by atoms with E-state index in [4.69, 9.17) is 6.42 Å². The number of benzene rings is 1. The number of terminal acetylenes is 1. The van der Waals surface area contributed by atoms with Crippen LogP contribution in [0.3, 0.4) is 0 Å². The van der Waals surface area contributed by atoms with Crippen LogP contribution in [0.5, 0.6) is 0 Å². The highest BCUT2D eigenvalue weighted by molar-refractivity contribution is 5.95. The lowest BCUT2D eigenvalue weighted by Crippen LogP contribution is -2.24. The van der Waals surface area contributed by atoms with E-state index < -0.39 is 0 Å². The van der Waals surface area contributed by atoms with Gasteiger partial charge >= 0.3 is 0 Å². The number of carbonyl (C=O) groups is 1. The van der Waals surface area contributed by atoms with Crippen molar-refractivity contribution in [2.45, 2.75) is 20.3 Å². The minimum Gasteiger partial charge on any atom is -0.351 e. The summed E-state index contributed by atoms with van der Waals surface area (Å²) in [4.78, 5) is 11.7. The summed E-state index contributed by atoms with van der Waals surface area (Å²) in [5, 5.41) is 2.78. The first kappa shape index (κ1) is 11.3. The first-order chi connectivity index (χ1) is 7.15. The smallest absolute Gasteiger partial charge is 0.251 e. The van der Waals surface area contributed by atoms with Crippen molar-refractivity contribution >= 4 is 5.91 Å². The van der Waals surface area contributed by atoms with Gasteiger partial charge in [0.05, 0.1) is 0 Å². The second-order valence-corrected chi connectivity index (χ2v) is 3.53. The molecule has 78 valence electrons. The van der Waals surface area contributed by atoms with Gasteiger partial charge in [0.25, 0.3) is 5.91 Å². The highest BCUT2D eigenvalue weighted by atomic mass is 16.1. The maximum atomic E-state index is 11.7. The first-order valence-corrected chi connectivity index (χ1v) is 4.94. The highest BCUT2D eigenvalue weighted by Crippen LogP contribution is 2.10. The Balaban J connectivity index is 2.70. The van der Waals surface area contributed by atoms with Crippen molar-refractivity contribution < 1.29 is 4.79 Å². The third-order valence-corrected chi connectivity index (χ3v) is 2.18. The van der Waals surface area contributed by atoms with Gasteiger partial charge in [-0.2, -0.15) is 0 Å². The maximum absolute atomic E-state index is 11.7. The molecule has 1 aromatic carbocycles. The van der Waals surface area contributed by atoms with Crippen molar-refractivity contribution in [1.29, 1.82) is 0 Å². The molecule has 1 amide bonds. The minimum absolute atomic E-state index is 0.0530. The Kier molecular flexibility index (Phi) is 3.93. The van der Waals surface area contributed by atoms with E-state index in [1.165, 1.54) is 0 Å². The number of aryl methyl sites for hydroxylation is 2. The van der Waals surface area contributed by atoms with Crippen molar-refractivity contribution in [3.8, 4) is 12.3 Å². The van der Waals surface area contributed by atoms with Crippen molar-refractivity contribution in [3.63, 3.8) is 0 Å². The molecular formula is C13H15NO. The van der Waals surface area contributed by atoms with E-state index in [-0.39, 0.29) is 5.91 Å². The lowest BCUT2D eigenvalue weighted by molar-refractivity contribution is 0.0954. The monoisotopic (exact) mass is 201 g/mol.